The number of pyridine rings is 1. The van der Waals surface area contributed by atoms with E-state index in [1.54, 1.807) is 6.20 Å². The Labute approximate surface area is 95.7 Å². The summed E-state index contributed by atoms with van der Waals surface area (Å²) in [6.07, 6.45) is 8.26. The number of aromatic nitrogens is 1. The lowest BCUT2D eigenvalue weighted by Gasteiger charge is -2.17. The van der Waals surface area contributed by atoms with E-state index in [0.717, 1.165) is 32.2 Å². The molecule has 0 aliphatic carbocycles. The van der Waals surface area contributed by atoms with Crippen molar-refractivity contribution < 1.29 is 0 Å². The van der Waals surface area contributed by atoms with Gasteiger partial charge < -0.3 is 10.6 Å². The van der Waals surface area contributed by atoms with E-state index in [1.165, 1.54) is 5.56 Å². The number of nitrogen functional groups attached to an aromatic ring is 1. The van der Waals surface area contributed by atoms with Crippen LogP contribution >= 0.6 is 0 Å². The van der Waals surface area contributed by atoms with E-state index in [1.807, 2.05) is 17.0 Å². The quantitative estimate of drug-likeness (QED) is 0.778. The van der Waals surface area contributed by atoms with Gasteiger partial charge in [-0.15, -0.1) is 0 Å². The summed E-state index contributed by atoms with van der Waals surface area (Å²) < 4.78 is 0. The van der Waals surface area contributed by atoms with Crippen molar-refractivity contribution in [1.82, 2.24) is 9.88 Å². The van der Waals surface area contributed by atoms with Crippen molar-refractivity contribution in [3.05, 3.63) is 23.9 Å². The predicted octanol–water partition coefficient (Wildman–Crippen LogP) is 1.54. The van der Waals surface area contributed by atoms with Crippen LogP contribution in [0.5, 0.6) is 0 Å². The number of hydrogen-bond acceptors (Lipinski definition) is 4. The normalized spacial score (nSPS) is 19.7. The van der Waals surface area contributed by atoms with Crippen molar-refractivity contribution in [1.29, 1.82) is 5.26 Å². The third kappa shape index (κ3) is 2.43. The molecule has 1 aromatic rings. The van der Waals surface area contributed by atoms with Crippen LogP contribution in [0.15, 0.2) is 18.3 Å². The van der Waals surface area contributed by atoms with Crippen molar-refractivity contribution in [3.63, 3.8) is 0 Å². The van der Waals surface area contributed by atoms with Crippen molar-refractivity contribution in [2.75, 3.05) is 12.3 Å². The number of hydrogen-bond donors (Lipinski definition) is 1. The minimum Gasteiger partial charge on any atom is -0.384 e. The van der Waals surface area contributed by atoms with Crippen molar-refractivity contribution in [2.45, 2.75) is 31.7 Å². The molecule has 4 nitrogen and oxygen atoms in total. The van der Waals surface area contributed by atoms with Gasteiger partial charge in [0.05, 0.1) is 0 Å². The third-order valence-corrected chi connectivity index (χ3v) is 3.12. The highest BCUT2D eigenvalue weighted by Gasteiger charge is 2.22. The van der Waals surface area contributed by atoms with Gasteiger partial charge in [-0.1, -0.05) is 0 Å². The first-order valence-electron chi connectivity index (χ1n) is 5.66. The highest BCUT2D eigenvalue weighted by molar-refractivity contribution is 5.31. The summed E-state index contributed by atoms with van der Waals surface area (Å²) in [5.74, 6) is 0.570. The fourth-order valence-corrected chi connectivity index (χ4v) is 2.25. The Balaban J connectivity index is 1.90. The Morgan fingerprint density at radius 2 is 2.50 bits per heavy atom. The van der Waals surface area contributed by atoms with Crippen LogP contribution < -0.4 is 5.73 Å². The molecule has 2 N–H and O–H groups in total. The minimum absolute atomic E-state index is 0.416. The van der Waals surface area contributed by atoms with Gasteiger partial charge in [-0.3, -0.25) is 0 Å². The van der Waals surface area contributed by atoms with E-state index in [2.05, 4.69) is 11.2 Å². The lowest BCUT2D eigenvalue weighted by atomic mass is 10.0. The summed E-state index contributed by atoms with van der Waals surface area (Å²) in [6.45, 7) is 0.916. The number of nitrogens with zero attached hydrogens (tertiary/aromatic N) is 3. The van der Waals surface area contributed by atoms with Crippen molar-refractivity contribution in [3.8, 4) is 6.19 Å². The number of nitrogens with two attached hydrogens (primary N) is 1. The van der Waals surface area contributed by atoms with Gasteiger partial charge >= 0.3 is 0 Å². The second kappa shape index (κ2) is 4.84. The van der Waals surface area contributed by atoms with Crippen LogP contribution in [0.1, 0.15) is 24.8 Å². The Kier molecular flexibility index (Phi) is 3.25. The molecule has 84 valence electrons. The maximum absolute atomic E-state index is 8.92. The number of rotatable bonds is 3. The molecule has 0 bridgehead atoms. The van der Waals surface area contributed by atoms with Crippen LogP contribution in [-0.4, -0.2) is 22.5 Å². The van der Waals surface area contributed by atoms with Crippen LogP contribution in [0.3, 0.4) is 0 Å². The first kappa shape index (κ1) is 10.7. The Morgan fingerprint density at radius 3 is 3.25 bits per heavy atom. The minimum atomic E-state index is 0.416. The molecule has 0 aromatic carbocycles. The number of nitriles is 1. The molecular formula is C12H16N4. The average Bonchev–Trinajstić information content (AvgIpc) is 2.74. The average molecular weight is 216 g/mol. The van der Waals surface area contributed by atoms with Crippen molar-refractivity contribution >= 4 is 5.82 Å². The Hall–Kier alpha value is -1.76. The van der Waals surface area contributed by atoms with Gasteiger partial charge in [-0.2, -0.15) is 5.26 Å². The molecule has 0 radical (unpaired) electrons. The molecule has 1 fully saturated rings. The Morgan fingerprint density at radius 1 is 1.62 bits per heavy atom. The first-order chi connectivity index (χ1) is 7.79. The van der Waals surface area contributed by atoms with Crippen LogP contribution in [0.2, 0.25) is 0 Å². The third-order valence-electron chi connectivity index (χ3n) is 3.12. The van der Waals surface area contributed by atoms with Crippen LogP contribution in [-0.2, 0) is 6.42 Å². The molecule has 1 saturated heterocycles. The van der Waals surface area contributed by atoms with Crippen LogP contribution in [0, 0.1) is 11.5 Å². The Bertz CT molecular complexity index is 396. The second-order valence-corrected chi connectivity index (χ2v) is 4.22. The van der Waals surface area contributed by atoms with Gasteiger partial charge in [-0.25, -0.2) is 4.98 Å². The molecule has 1 aromatic heterocycles. The molecule has 0 spiro atoms. The fourth-order valence-electron chi connectivity index (χ4n) is 2.25. The lowest BCUT2D eigenvalue weighted by Crippen LogP contribution is -2.24. The van der Waals surface area contributed by atoms with E-state index < -0.39 is 0 Å². The molecule has 16 heavy (non-hydrogen) atoms. The number of aryl methyl sites for hydroxylation is 1. The molecular weight excluding hydrogens is 200 g/mol. The van der Waals surface area contributed by atoms with Crippen LogP contribution in [0.25, 0.3) is 0 Å². The molecule has 1 aliphatic heterocycles. The van der Waals surface area contributed by atoms with Gasteiger partial charge in [0.2, 0.25) is 0 Å². The van der Waals surface area contributed by atoms with E-state index in [9.17, 15) is 0 Å². The molecule has 0 amide bonds. The fraction of sp³-hybridized carbons (Fsp3) is 0.500. The van der Waals surface area contributed by atoms with E-state index >= 15 is 0 Å². The van der Waals surface area contributed by atoms with E-state index in [0.29, 0.717) is 11.9 Å². The molecule has 4 heteroatoms. The van der Waals surface area contributed by atoms with Gasteiger partial charge in [-0.05, 0) is 43.4 Å². The molecule has 2 heterocycles. The highest BCUT2D eigenvalue weighted by atomic mass is 15.2. The van der Waals surface area contributed by atoms with Gasteiger partial charge in [0.25, 0.3) is 0 Å². The lowest BCUT2D eigenvalue weighted by molar-refractivity contribution is 0.346. The zero-order chi connectivity index (χ0) is 11.4. The van der Waals surface area contributed by atoms with E-state index in [4.69, 9.17) is 11.0 Å². The molecule has 1 aliphatic rings. The summed E-state index contributed by atoms with van der Waals surface area (Å²) >= 11 is 0. The molecule has 1 atom stereocenters. The summed E-state index contributed by atoms with van der Waals surface area (Å²) in [5.41, 5.74) is 6.83. The largest absolute Gasteiger partial charge is 0.384 e. The second-order valence-electron chi connectivity index (χ2n) is 4.22. The topological polar surface area (TPSA) is 65.9 Å². The van der Waals surface area contributed by atoms with Crippen LogP contribution in [0.4, 0.5) is 5.82 Å². The monoisotopic (exact) mass is 216 g/mol. The number of anilines is 1. The molecule has 1 unspecified atom stereocenters. The highest BCUT2D eigenvalue weighted by Crippen LogP contribution is 2.20. The molecule has 2 rings (SSSR count). The standard InChI is InChI=1S/C12H16N4/c13-9-16-7-1-2-11(16)4-3-10-5-6-15-12(14)8-10/h5-6,8,11H,1-4,7H2,(H2,14,15). The zero-order valence-corrected chi connectivity index (χ0v) is 9.26. The first-order valence-corrected chi connectivity index (χ1v) is 5.66. The van der Waals surface area contributed by atoms with Gasteiger partial charge in [0.1, 0.15) is 5.82 Å². The summed E-state index contributed by atoms with van der Waals surface area (Å²) in [4.78, 5) is 5.86. The van der Waals surface area contributed by atoms with Gasteiger partial charge in [0, 0.05) is 18.8 Å². The predicted molar refractivity (Wildman–Crippen MR) is 62.3 cm³/mol. The smallest absolute Gasteiger partial charge is 0.179 e. The maximum atomic E-state index is 8.92. The summed E-state index contributed by atoms with van der Waals surface area (Å²) in [7, 11) is 0. The van der Waals surface area contributed by atoms with Gasteiger partial charge in [0.15, 0.2) is 6.19 Å². The van der Waals surface area contributed by atoms with E-state index in [-0.39, 0.29) is 0 Å². The molecule has 0 saturated carbocycles. The summed E-state index contributed by atoms with van der Waals surface area (Å²) in [5, 5.41) is 8.92. The van der Waals surface area contributed by atoms with Crippen molar-refractivity contribution in [2.24, 2.45) is 0 Å². The summed E-state index contributed by atoms with van der Waals surface area (Å²) in [6, 6.07) is 4.31. The SMILES string of the molecule is N#CN1CCCC1CCc1ccnc(N)c1. The maximum Gasteiger partial charge on any atom is 0.179 e. The number of likely N-dealkylation sites (tertiary alicyclic amines) is 1. The zero-order valence-electron chi connectivity index (χ0n) is 9.26.